The fourth-order valence-electron chi connectivity index (χ4n) is 4.01. The molecule has 7 heteroatoms. The summed E-state index contributed by atoms with van der Waals surface area (Å²) < 4.78 is 40.7. The zero-order valence-corrected chi connectivity index (χ0v) is 15.0. The number of benzene rings is 1. The third-order valence-electron chi connectivity index (χ3n) is 5.03. The van der Waals surface area contributed by atoms with Crippen molar-refractivity contribution in [3.05, 3.63) is 34.3 Å². The van der Waals surface area contributed by atoms with Crippen molar-refractivity contribution in [2.45, 2.75) is 37.9 Å². The molecule has 0 unspecified atom stereocenters. The molecule has 136 valence electrons. The van der Waals surface area contributed by atoms with Crippen molar-refractivity contribution < 1.29 is 13.2 Å². The largest absolute Gasteiger partial charge is 0.416 e. The maximum Gasteiger partial charge on any atom is 0.416 e. The van der Waals surface area contributed by atoms with Crippen LogP contribution in [0, 0.1) is 5.92 Å². The maximum absolute atomic E-state index is 13.6. The maximum atomic E-state index is 13.6. The van der Waals surface area contributed by atoms with E-state index in [9.17, 15) is 13.2 Å². The quantitative estimate of drug-likeness (QED) is 0.797. The van der Waals surface area contributed by atoms with Crippen LogP contribution in [-0.2, 0) is 6.18 Å². The minimum absolute atomic E-state index is 0. The molecule has 1 heterocycles. The molecular weight excluding hydrogens is 360 g/mol. The van der Waals surface area contributed by atoms with Gasteiger partial charge in [0.05, 0.1) is 5.56 Å². The van der Waals surface area contributed by atoms with Crippen LogP contribution in [0.1, 0.15) is 42.9 Å². The van der Waals surface area contributed by atoms with Crippen molar-refractivity contribution in [1.82, 2.24) is 10.2 Å². The van der Waals surface area contributed by atoms with E-state index in [0.29, 0.717) is 11.5 Å². The summed E-state index contributed by atoms with van der Waals surface area (Å²) in [7, 11) is 0. The average molecular weight is 383 g/mol. The van der Waals surface area contributed by atoms with Crippen molar-refractivity contribution in [1.29, 1.82) is 0 Å². The number of rotatable bonds is 3. The molecule has 2 aliphatic rings. The van der Waals surface area contributed by atoms with Crippen LogP contribution >= 0.6 is 24.0 Å². The molecule has 1 aliphatic carbocycles. The van der Waals surface area contributed by atoms with E-state index in [0.717, 1.165) is 57.9 Å². The molecule has 3 rings (SSSR count). The van der Waals surface area contributed by atoms with Gasteiger partial charge in [0, 0.05) is 37.2 Å². The lowest BCUT2D eigenvalue weighted by atomic mass is 9.87. The molecule has 0 spiro atoms. The summed E-state index contributed by atoms with van der Waals surface area (Å²) in [5.41, 5.74) is -0.170. The average Bonchev–Trinajstić information content (AvgIpc) is 3.03. The lowest BCUT2D eigenvalue weighted by Crippen LogP contribution is -2.47. The first-order valence-electron chi connectivity index (χ1n) is 8.28. The van der Waals surface area contributed by atoms with E-state index in [1.165, 1.54) is 0 Å². The van der Waals surface area contributed by atoms with Gasteiger partial charge >= 0.3 is 6.18 Å². The van der Waals surface area contributed by atoms with Gasteiger partial charge in [0.1, 0.15) is 0 Å². The molecule has 1 atom stereocenters. The van der Waals surface area contributed by atoms with E-state index in [4.69, 9.17) is 11.6 Å². The van der Waals surface area contributed by atoms with Gasteiger partial charge in [-0.15, -0.1) is 12.4 Å². The second-order valence-electron chi connectivity index (χ2n) is 6.50. The lowest BCUT2D eigenvalue weighted by molar-refractivity contribution is -0.139. The van der Waals surface area contributed by atoms with Gasteiger partial charge in [0.2, 0.25) is 0 Å². The second kappa shape index (κ2) is 8.26. The summed E-state index contributed by atoms with van der Waals surface area (Å²) in [5.74, 6) is 0.301. The van der Waals surface area contributed by atoms with Crippen LogP contribution in [0.5, 0.6) is 0 Å². The summed E-state index contributed by atoms with van der Waals surface area (Å²) in [6.07, 6.45) is -0.126. The number of alkyl halides is 3. The molecule has 24 heavy (non-hydrogen) atoms. The summed E-state index contributed by atoms with van der Waals surface area (Å²) in [6, 6.07) is 4.11. The minimum Gasteiger partial charge on any atom is -0.314 e. The molecule has 1 saturated heterocycles. The summed E-state index contributed by atoms with van der Waals surface area (Å²) in [6.45, 7) is 3.25. The van der Waals surface area contributed by atoms with Crippen molar-refractivity contribution >= 4 is 24.0 Å². The Hall–Kier alpha value is -0.490. The molecular formula is C17H23Cl2F3N2. The number of hydrogen-bond acceptors (Lipinski definition) is 2. The van der Waals surface area contributed by atoms with Crippen molar-refractivity contribution in [3.63, 3.8) is 0 Å². The summed E-state index contributed by atoms with van der Waals surface area (Å²) >= 11 is 5.85. The number of piperazine rings is 1. The van der Waals surface area contributed by atoms with Crippen LogP contribution in [0.15, 0.2) is 18.2 Å². The number of nitrogens with one attached hydrogen (secondary N) is 1. The molecule has 1 N–H and O–H groups in total. The minimum atomic E-state index is -4.37. The van der Waals surface area contributed by atoms with E-state index in [-0.39, 0.29) is 23.5 Å². The Morgan fingerprint density at radius 1 is 1.12 bits per heavy atom. The van der Waals surface area contributed by atoms with Crippen LogP contribution in [0.4, 0.5) is 13.2 Å². The van der Waals surface area contributed by atoms with E-state index < -0.39 is 11.7 Å². The molecule has 0 radical (unpaired) electrons. The van der Waals surface area contributed by atoms with Crippen LogP contribution in [-0.4, -0.2) is 31.1 Å². The Bertz CT molecular complexity index is 539. The van der Waals surface area contributed by atoms with Crippen molar-refractivity contribution in [2.24, 2.45) is 5.92 Å². The molecule has 2 fully saturated rings. The Kier molecular flexibility index (Phi) is 6.82. The molecule has 1 saturated carbocycles. The Morgan fingerprint density at radius 2 is 1.75 bits per heavy atom. The van der Waals surface area contributed by atoms with Crippen LogP contribution in [0.25, 0.3) is 0 Å². The van der Waals surface area contributed by atoms with Gasteiger partial charge in [-0.2, -0.15) is 13.2 Å². The number of nitrogens with zero attached hydrogens (tertiary/aromatic N) is 1. The van der Waals surface area contributed by atoms with Crippen LogP contribution < -0.4 is 5.32 Å². The predicted octanol–water partition coefficient (Wildman–Crippen LogP) is 4.92. The number of hydrogen-bond donors (Lipinski definition) is 1. The Morgan fingerprint density at radius 3 is 2.33 bits per heavy atom. The molecule has 1 aliphatic heterocycles. The zero-order chi connectivity index (χ0) is 16.4. The van der Waals surface area contributed by atoms with Gasteiger partial charge in [-0.1, -0.05) is 30.5 Å². The molecule has 0 amide bonds. The van der Waals surface area contributed by atoms with E-state index >= 15 is 0 Å². The summed E-state index contributed by atoms with van der Waals surface area (Å²) in [5, 5.41) is 3.43. The first kappa shape index (κ1) is 19.8. The molecule has 2 nitrogen and oxygen atoms in total. The van der Waals surface area contributed by atoms with Gasteiger partial charge in [-0.05, 0) is 36.5 Å². The van der Waals surface area contributed by atoms with E-state index in [1.807, 2.05) is 0 Å². The van der Waals surface area contributed by atoms with Crippen LogP contribution in [0.2, 0.25) is 5.02 Å². The van der Waals surface area contributed by atoms with Gasteiger partial charge in [0.15, 0.2) is 0 Å². The predicted molar refractivity (Wildman–Crippen MR) is 92.8 cm³/mol. The lowest BCUT2D eigenvalue weighted by Gasteiger charge is -2.39. The van der Waals surface area contributed by atoms with Crippen molar-refractivity contribution in [3.8, 4) is 0 Å². The standard InChI is InChI=1S/C17H22ClF3N2.ClH/c18-13-5-6-14(15(11-13)17(19,20)21)16(12-3-1-2-4-12)23-9-7-22-8-10-23;/h5-6,11-12,16,22H,1-4,7-10H2;1H/t16-;/m1./s1. The fourth-order valence-corrected chi connectivity index (χ4v) is 4.19. The third kappa shape index (κ3) is 4.37. The second-order valence-corrected chi connectivity index (χ2v) is 6.94. The van der Waals surface area contributed by atoms with Gasteiger partial charge in [0.25, 0.3) is 0 Å². The highest BCUT2D eigenvalue weighted by atomic mass is 35.5. The van der Waals surface area contributed by atoms with Gasteiger partial charge in [-0.3, -0.25) is 4.90 Å². The highest BCUT2D eigenvalue weighted by Gasteiger charge is 2.40. The van der Waals surface area contributed by atoms with Crippen molar-refractivity contribution in [2.75, 3.05) is 26.2 Å². The first-order chi connectivity index (χ1) is 11.0. The normalized spacial score (nSPS) is 21.5. The third-order valence-corrected chi connectivity index (χ3v) is 5.27. The SMILES string of the molecule is Cl.FC(F)(F)c1cc(Cl)ccc1[C@@H](C1CCCC1)N1CCNCC1. The molecule has 1 aromatic carbocycles. The van der Waals surface area contributed by atoms with E-state index in [1.54, 1.807) is 12.1 Å². The van der Waals surface area contributed by atoms with E-state index in [2.05, 4.69) is 10.2 Å². The summed E-state index contributed by atoms with van der Waals surface area (Å²) in [4.78, 5) is 2.23. The fraction of sp³-hybridized carbons (Fsp3) is 0.647. The number of halogens is 5. The first-order valence-corrected chi connectivity index (χ1v) is 8.66. The Balaban J connectivity index is 0.00000208. The zero-order valence-electron chi connectivity index (χ0n) is 13.4. The highest BCUT2D eigenvalue weighted by Crippen LogP contribution is 2.44. The molecule has 0 aromatic heterocycles. The molecule has 1 aromatic rings. The topological polar surface area (TPSA) is 15.3 Å². The van der Waals surface area contributed by atoms with Crippen LogP contribution in [0.3, 0.4) is 0 Å². The van der Waals surface area contributed by atoms with Gasteiger partial charge in [-0.25, -0.2) is 0 Å². The highest BCUT2D eigenvalue weighted by molar-refractivity contribution is 6.30. The Labute approximate surface area is 152 Å². The smallest absolute Gasteiger partial charge is 0.314 e. The van der Waals surface area contributed by atoms with Gasteiger partial charge < -0.3 is 5.32 Å². The monoisotopic (exact) mass is 382 g/mol. The molecule has 0 bridgehead atoms.